The monoisotopic (exact) mass is 422 g/mol. The molecule has 4 rings (SSSR count). The molecule has 158 valence electrons. The molecule has 0 amide bonds. The van der Waals surface area contributed by atoms with E-state index in [2.05, 4.69) is 12.5 Å². The number of benzene rings is 3. The van der Waals surface area contributed by atoms with Gasteiger partial charge in [-0.15, -0.1) is 6.42 Å². The van der Waals surface area contributed by atoms with Crippen LogP contribution in [-0.4, -0.2) is 19.5 Å². The molecule has 0 spiro atoms. The predicted octanol–water partition coefficient (Wildman–Crippen LogP) is 6.38. The van der Waals surface area contributed by atoms with Crippen LogP contribution in [0.3, 0.4) is 0 Å². The molecule has 0 aliphatic heterocycles. The Morgan fingerprint density at radius 3 is 2.56 bits per heavy atom. The Kier molecular flexibility index (Phi) is 5.83. The quantitative estimate of drug-likeness (QED) is 0.256. The first-order valence-corrected chi connectivity index (χ1v) is 10.1. The van der Waals surface area contributed by atoms with Crippen molar-refractivity contribution in [2.45, 2.75) is 6.92 Å². The van der Waals surface area contributed by atoms with Crippen LogP contribution in [0.2, 0.25) is 0 Å². The minimum absolute atomic E-state index is 0.123. The van der Waals surface area contributed by atoms with Gasteiger partial charge in [-0.05, 0) is 42.3 Å². The zero-order valence-electron chi connectivity index (χ0n) is 18.0. The zero-order valence-corrected chi connectivity index (χ0v) is 18.0. The van der Waals surface area contributed by atoms with Crippen LogP contribution in [0.4, 0.5) is 0 Å². The van der Waals surface area contributed by atoms with Crippen LogP contribution in [0, 0.1) is 12.3 Å². The van der Waals surface area contributed by atoms with Crippen LogP contribution in [0.5, 0.6) is 11.5 Å². The van der Waals surface area contributed by atoms with E-state index >= 15 is 0 Å². The second-order valence-electron chi connectivity index (χ2n) is 7.32. The number of allylic oxidation sites excluding steroid dienone is 1. The molecule has 0 radical (unpaired) electrons. The van der Waals surface area contributed by atoms with Gasteiger partial charge >= 0.3 is 0 Å². The van der Waals surface area contributed by atoms with E-state index in [0.29, 0.717) is 28.2 Å². The number of ether oxygens (including phenoxy) is 2. The highest BCUT2D eigenvalue weighted by Gasteiger charge is 2.26. The van der Waals surface area contributed by atoms with Crippen molar-refractivity contribution in [3.63, 3.8) is 0 Å². The first-order valence-electron chi connectivity index (χ1n) is 10.1. The highest BCUT2D eigenvalue weighted by Crippen LogP contribution is 2.44. The Bertz CT molecular complexity index is 1350. The minimum atomic E-state index is -0.259. The molecule has 0 saturated heterocycles. The maximum Gasteiger partial charge on any atom is 0.229 e. The van der Waals surface area contributed by atoms with E-state index in [1.54, 1.807) is 31.4 Å². The van der Waals surface area contributed by atoms with Gasteiger partial charge in [-0.3, -0.25) is 4.79 Å². The lowest BCUT2D eigenvalue weighted by atomic mass is 9.95. The summed E-state index contributed by atoms with van der Waals surface area (Å²) in [6.45, 7) is 6.10. The van der Waals surface area contributed by atoms with E-state index in [4.69, 9.17) is 20.3 Å². The number of furan rings is 1. The molecule has 0 aliphatic carbocycles. The van der Waals surface area contributed by atoms with Crippen LogP contribution < -0.4 is 9.47 Å². The number of hydrogen-bond acceptors (Lipinski definition) is 4. The third-order valence-corrected chi connectivity index (χ3v) is 5.16. The fourth-order valence-corrected chi connectivity index (χ4v) is 3.73. The summed E-state index contributed by atoms with van der Waals surface area (Å²) in [6, 6.07) is 20.3. The second kappa shape index (κ2) is 8.87. The van der Waals surface area contributed by atoms with E-state index in [-0.39, 0.29) is 18.2 Å². The zero-order chi connectivity index (χ0) is 22.7. The summed E-state index contributed by atoms with van der Waals surface area (Å²) < 4.78 is 17.4. The smallest absolute Gasteiger partial charge is 0.229 e. The largest absolute Gasteiger partial charge is 0.495 e. The Morgan fingerprint density at radius 2 is 1.88 bits per heavy atom. The number of fused-ring (bicyclic) bond motifs is 1. The fraction of sp³-hybridized carbons (Fsp3) is 0.107. The summed E-state index contributed by atoms with van der Waals surface area (Å²) in [5.74, 6) is 3.55. The van der Waals surface area contributed by atoms with E-state index in [0.717, 1.165) is 22.1 Å². The lowest BCUT2D eigenvalue weighted by Gasteiger charge is -2.11. The van der Waals surface area contributed by atoms with Crippen LogP contribution in [0.15, 0.2) is 77.7 Å². The number of hydrogen-bond donors (Lipinski definition) is 0. The maximum absolute atomic E-state index is 13.6. The molecule has 0 atom stereocenters. The Balaban J connectivity index is 1.97. The molecule has 4 heteroatoms. The normalized spacial score (nSPS) is 10.5. The summed E-state index contributed by atoms with van der Waals surface area (Å²) in [6.07, 6.45) is 5.28. The number of carbonyl (C=O) groups is 1. The third-order valence-electron chi connectivity index (χ3n) is 5.16. The molecule has 3 aromatic carbocycles. The van der Waals surface area contributed by atoms with Crippen molar-refractivity contribution < 1.29 is 18.7 Å². The van der Waals surface area contributed by atoms with Crippen molar-refractivity contribution in [3.05, 3.63) is 90.2 Å². The average molecular weight is 422 g/mol. The number of methoxy groups -OCH3 is 1. The highest BCUT2D eigenvalue weighted by atomic mass is 16.5. The van der Waals surface area contributed by atoms with Crippen LogP contribution >= 0.6 is 0 Å². The molecule has 4 nitrogen and oxygen atoms in total. The highest BCUT2D eigenvalue weighted by molar-refractivity contribution is 6.17. The number of carbonyl (C=O) groups excluding carboxylic acids is 1. The number of terminal acetylenes is 1. The van der Waals surface area contributed by atoms with Gasteiger partial charge in [0.1, 0.15) is 23.7 Å². The van der Waals surface area contributed by atoms with Gasteiger partial charge in [-0.25, -0.2) is 0 Å². The van der Waals surface area contributed by atoms with Gasteiger partial charge < -0.3 is 13.9 Å². The predicted molar refractivity (Wildman–Crippen MR) is 127 cm³/mol. The Morgan fingerprint density at radius 1 is 1.09 bits per heavy atom. The van der Waals surface area contributed by atoms with Gasteiger partial charge in [-0.1, -0.05) is 55.0 Å². The second-order valence-corrected chi connectivity index (χ2v) is 7.32. The molecule has 0 aliphatic rings. The number of ketones is 1. The summed E-state index contributed by atoms with van der Waals surface area (Å²) in [5, 5.41) is 0.738. The Hall–Kier alpha value is -4.23. The van der Waals surface area contributed by atoms with Gasteiger partial charge in [0.2, 0.25) is 5.78 Å². The van der Waals surface area contributed by atoms with E-state index in [9.17, 15) is 4.79 Å². The first kappa shape index (κ1) is 21.0. The van der Waals surface area contributed by atoms with Crippen LogP contribution in [0.1, 0.15) is 28.6 Å². The molecule has 1 aromatic heterocycles. The lowest BCUT2D eigenvalue weighted by molar-refractivity contribution is 0.101. The van der Waals surface area contributed by atoms with Gasteiger partial charge in [0.05, 0.1) is 12.5 Å². The molecule has 0 unspecified atom stereocenters. The van der Waals surface area contributed by atoms with Crippen molar-refractivity contribution in [1.29, 1.82) is 0 Å². The molecule has 0 N–H and O–H groups in total. The lowest BCUT2D eigenvalue weighted by Crippen LogP contribution is -2.03. The molecule has 0 bridgehead atoms. The molecular formula is C28H22O4. The molecule has 0 saturated carbocycles. The maximum atomic E-state index is 13.6. The summed E-state index contributed by atoms with van der Waals surface area (Å²) in [4.78, 5) is 13.6. The SMILES string of the molecule is C#CCOc1cccc(C(=O)c2oc3ccc(C(=C)C)c(OC)c3c2-c2ccccc2)c1. The molecular weight excluding hydrogens is 400 g/mol. The third kappa shape index (κ3) is 3.77. The van der Waals surface area contributed by atoms with Crippen LogP contribution in [0.25, 0.3) is 27.7 Å². The Labute approximate surface area is 187 Å². The van der Waals surface area contributed by atoms with Crippen molar-refractivity contribution >= 4 is 22.3 Å². The summed E-state index contributed by atoms with van der Waals surface area (Å²) in [5.41, 5.74) is 4.26. The van der Waals surface area contributed by atoms with Gasteiger partial charge in [-0.2, -0.15) is 0 Å². The topological polar surface area (TPSA) is 48.7 Å². The number of rotatable bonds is 7. The minimum Gasteiger partial charge on any atom is -0.495 e. The molecule has 4 aromatic rings. The van der Waals surface area contributed by atoms with Crippen molar-refractivity contribution in [3.8, 4) is 35.0 Å². The van der Waals surface area contributed by atoms with E-state index in [1.807, 2.05) is 49.4 Å². The molecule has 1 heterocycles. The van der Waals surface area contributed by atoms with Crippen molar-refractivity contribution in [2.75, 3.05) is 13.7 Å². The standard InChI is InChI=1S/C28H22O4/c1-5-16-31-21-13-9-12-20(17-21)26(29)28-24(19-10-7-6-8-11-19)25-23(32-28)15-14-22(18(2)3)27(25)30-4/h1,6-15,17H,2,16H2,3-4H3. The average Bonchev–Trinajstić information content (AvgIpc) is 3.22. The van der Waals surface area contributed by atoms with Crippen LogP contribution in [-0.2, 0) is 0 Å². The van der Waals surface area contributed by atoms with Crippen molar-refractivity contribution in [1.82, 2.24) is 0 Å². The summed E-state index contributed by atoms with van der Waals surface area (Å²) >= 11 is 0. The molecule has 0 fully saturated rings. The first-order chi connectivity index (χ1) is 15.5. The van der Waals surface area contributed by atoms with Gasteiger partial charge in [0.25, 0.3) is 0 Å². The summed E-state index contributed by atoms with van der Waals surface area (Å²) in [7, 11) is 1.61. The van der Waals surface area contributed by atoms with E-state index < -0.39 is 0 Å². The molecule has 32 heavy (non-hydrogen) atoms. The van der Waals surface area contributed by atoms with Crippen molar-refractivity contribution in [2.24, 2.45) is 0 Å². The van der Waals surface area contributed by atoms with Gasteiger partial charge in [0.15, 0.2) is 5.76 Å². The van der Waals surface area contributed by atoms with E-state index in [1.165, 1.54) is 0 Å². The van der Waals surface area contributed by atoms with Gasteiger partial charge in [0, 0.05) is 16.7 Å². The fourth-order valence-electron chi connectivity index (χ4n) is 3.73.